The topological polar surface area (TPSA) is 111 Å². The Balaban J connectivity index is 2.36. The van der Waals surface area contributed by atoms with Gasteiger partial charge in [-0.25, -0.2) is 9.97 Å². The van der Waals surface area contributed by atoms with Crippen molar-refractivity contribution in [3.63, 3.8) is 0 Å². The van der Waals surface area contributed by atoms with Crippen molar-refractivity contribution in [2.24, 2.45) is 5.73 Å². The van der Waals surface area contributed by atoms with Gasteiger partial charge in [0.25, 0.3) is 0 Å². The number of fused-ring (bicyclic) bond motifs is 1. The molecule has 0 saturated heterocycles. The Morgan fingerprint density at radius 1 is 1.56 bits per heavy atom. The van der Waals surface area contributed by atoms with Gasteiger partial charge in [0.05, 0.1) is 6.20 Å². The van der Waals surface area contributed by atoms with Crippen molar-refractivity contribution in [2.75, 3.05) is 11.1 Å². The predicted molar refractivity (Wildman–Crippen MR) is 68.9 cm³/mol. The Bertz CT molecular complexity index is 588. The molecule has 0 spiro atoms. The number of carbonyl (C=O) groups is 1. The number of aromatic nitrogens is 3. The Kier molecular flexibility index (Phi) is 2.82. The molecule has 5 N–H and O–H groups in total. The van der Waals surface area contributed by atoms with Crippen LogP contribution in [0.5, 0.6) is 0 Å². The standard InChI is InChI=1S/C11H16N6O/c1-11(2,5-8(13)18)16-9-10-14-3-4-17(10)6-7(12)15-9/h3-4,6H,5,12H2,1-2H3,(H2,13,18)(H,15,16). The van der Waals surface area contributed by atoms with E-state index < -0.39 is 5.54 Å². The van der Waals surface area contributed by atoms with Crippen molar-refractivity contribution in [2.45, 2.75) is 25.8 Å². The highest BCUT2D eigenvalue weighted by Crippen LogP contribution is 2.21. The second-order valence-corrected chi connectivity index (χ2v) is 4.82. The highest BCUT2D eigenvalue weighted by Gasteiger charge is 2.22. The maximum atomic E-state index is 11.0. The highest BCUT2D eigenvalue weighted by atomic mass is 16.1. The third-order valence-corrected chi connectivity index (χ3v) is 2.47. The van der Waals surface area contributed by atoms with Gasteiger partial charge < -0.3 is 21.2 Å². The molecule has 2 heterocycles. The molecule has 1 amide bonds. The van der Waals surface area contributed by atoms with Crippen LogP contribution >= 0.6 is 0 Å². The molecule has 0 unspecified atom stereocenters. The average Bonchev–Trinajstić information content (AvgIpc) is 2.61. The van der Waals surface area contributed by atoms with Crippen LogP contribution in [0.15, 0.2) is 18.6 Å². The van der Waals surface area contributed by atoms with Crippen molar-refractivity contribution in [3.05, 3.63) is 18.6 Å². The lowest BCUT2D eigenvalue weighted by molar-refractivity contribution is -0.118. The molecule has 0 fully saturated rings. The van der Waals surface area contributed by atoms with E-state index in [9.17, 15) is 4.79 Å². The summed E-state index contributed by atoms with van der Waals surface area (Å²) in [6.45, 7) is 3.73. The third kappa shape index (κ3) is 2.50. The van der Waals surface area contributed by atoms with Gasteiger partial charge in [0, 0.05) is 24.4 Å². The van der Waals surface area contributed by atoms with Crippen molar-refractivity contribution in [3.8, 4) is 0 Å². The highest BCUT2D eigenvalue weighted by molar-refractivity contribution is 5.76. The summed E-state index contributed by atoms with van der Waals surface area (Å²) in [5, 5.41) is 3.14. The lowest BCUT2D eigenvalue weighted by Gasteiger charge is -2.25. The second-order valence-electron chi connectivity index (χ2n) is 4.82. The van der Waals surface area contributed by atoms with Crippen LogP contribution in [0.3, 0.4) is 0 Å². The van der Waals surface area contributed by atoms with E-state index in [1.165, 1.54) is 0 Å². The quantitative estimate of drug-likeness (QED) is 0.724. The van der Waals surface area contributed by atoms with Crippen LogP contribution in [0.4, 0.5) is 11.6 Å². The molecule has 0 aliphatic heterocycles. The van der Waals surface area contributed by atoms with Crippen LogP contribution in [0, 0.1) is 0 Å². The molecule has 7 nitrogen and oxygen atoms in total. The molecule has 0 atom stereocenters. The minimum absolute atomic E-state index is 0.191. The molecular formula is C11H16N6O. The van der Waals surface area contributed by atoms with Crippen LogP contribution < -0.4 is 16.8 Å². The Morgan fingerprint density at radius 2 is 2.28 bits per heavy atom. The van der Waals surface area contributed by atoms with Crippen LogP contribution in [-0.4, -0.2) is 25.8 Å². The maximum Gasteiger partial charge on any atom is 0.219 e. The number of nitrogens with zero attached hydrogens (tertiary/aromatic N) is 3. The number of hydrogen-bond donors (Lipinski definition) is 3. The zero-order valence-electron chi connectivity index (χ0n) is 10.3. The van der Waals surface area contributed by atoms with Crippen molar-refractivity contribution < 1.29 is 4.79 Å². The number of carbonyl (C=O) groups excluding carboxylic acids is 1. The SMILES string of the molecule is CC(C)(CC(N)=O)Nc1nc(N)cn2ccnc12. The molecule has 7 heteroatoms. The minimum Gasteiger partial charge on any atom is -0.382 e. The van der Waals surface area contributed by atoms with Gasteiger partial charge in [0.15, 0.2) is 11.5 Å². The molecular weight excluding hydrogens is 232 g/mol. The van der Waals surface area contributed by atoms with Gasteiger partial charge in [-0.15, -0.1) is 0 Å². The number of hydrogen-bond acceptors (Lipinski definition) is 5. The molecule has 0 aliphatic rings. The molecule has 0 aromatic carbocycles. The van der Waals surface area contributed by atoms with Crippen LogP contribution in [-0.2, 0) is 4.79 Å². The first kappa shape index (κ1) is 12.2. The van der Waals surface area contributed by atoms with Crippen molar-refractivity contribution in [1.82, 2.24) is 14.4 Å². The van der Waals surface area contributed by atoms with E-state index in [4.69, 9.17) is 11.5 Å². The number of amides is 1. The van der Waals surface area contributed by atoms with E-state index in [0.29, 0.717) is 17.3 Å². The monoisotopic (exact) mass is 248 g/mol. The molecule has 2 rings (SSSR count). The fourth-order valence-electron chi connectivity index (χ4n) is 1.84. The van der Waals surface area contributed by atoms with E-state index in [1.807, 2.05) is 13.8 Å². The summed E-state index contributed by atoms with van der Waals surface area (Å²) in [5.41, 5.74) is 11.1. The Hall–Kier alpha value is -2.31. The third-order valence-electron chi connectivity index (χ3n) is 2.47. The molecule has 96 valence electrons. The normalized spacial score (nSPS) is 11.7. The number of nitrogens with two attached hydrogens (primary N) is 2. The second kappa shape index (κ2) is 4.17. The summed E-state index contributed by atoms with van der Waals surface area (Å²) in [5.74, 6) is 0.528. The van der Waals surface area contributed by atoms with Gasteiger partial charge in [-0.05, 0) is 13.8 Å². The fraction of sp³-hybridized carbons (Fsp3) is 0.364. The summed E-state index contributed by atoms with van der Waals surface area (Å²) in [7, 11) is 0. The van der Waals surface area contributed by atoms with Gasteiger partial charge in [-0.2, -0.15) is 0 Å². The summed E-state index contributed by atoms with van der Waals surface area (Å²) in [6.07, 6.45) is 5.30. The zero-order chi connectivity index (χ0) is 13.3. The lowest BCUT2D eigenvalue weighted by atomic mass is 10.0. The van der Waals surface area contributed by atoms with Gasteiger partial charge in [0.2, 0.25) is 5.91 Å². The van der Waals surface area contributed by atoms with Gasteiger partial charge in [0.1, 0.15) is 5.82 Å². The smallest absolute Gasteiger partial charge is 0.219 e. The number of nitrogens with one attached hydrogen (secondary N) is 1. The zero-order valence-corrected chi connectivity index (χ0v) is 10.3. The molecule has 0 bridgehead atoms. The van der Waals surface area contributed by atoms with Gasteiger partial charge >= 0.3 is 0 Å². The minimum atomic E-state index is -0.515. The first-order chi connectivity index (χ1) is 8.37. The van der Waals surface area contributed by atoms with Crippen LogP contribution in [0.25, 0.3) is 5.65 Å². The van der Waals surface area contributed by atoms with Crippen LogP contribution in [0.1, 0.15) is 20.3 Å². The largest absolute Gasteiger partial charge is 0.382 e. The average molecular weight is 248 g/mol. The molecule has 18 heavy (non-hydrogen) atoms. The van der Waals surface area contributed by atoms with Gasteiger partial charge in [-0.1, -0.05) is 0 Å². The van der Waals surface area contributed by atoms with E-state index in [0.717, 1.165) is 0 Å². The van der Waals surface area contributed by atoms with E-state index in [1.54, 1.807) is 23.0 Å². The Morgan fingerprint density at radius 3 is 2.94 bits per heavy atom. The fourth-order valence-corrected chi connectivity index (χ4v) is 1.84. The van der Waals surface area contributed by atoms with E-state index >= 15 is 0 Å². The van der Waals surface area contributed by atoms with Gasteiger partial charge in [-0.3, -0.25) is 4.79 Å². The van der Waals surface area contributed by atoms with E-state index in [2.05, 4.69) is 15.3 Å². The summed E-state index contributed by atoms with van der Waals surface area (Å²) < 4.78 is 1.77. The summed E-state index contributed by atoms with van der Waals surface area (Å²) in [6, 6.07) is 0. The number of anilines is 2. The lowest BCUT2D eigenvalue weighted by Crippen LogP contribution is -2.36. The summed E-state index contributed by atoms with van der Waals surface area (Å²) >= 11 is 0. The number of nitrogen functional groups attached to an aromatic ring is 1. The number of rotatable bonds is 4. The number of primary amides is 1. The molecule has 0 radical (unpaired) electrons. The predicted octanol–water partition coefficient (Wildman–Crippen LogP) is 0.377. The molecule has 0 saturated carbocycles. The van der Waals surface area contributed by atoms with E-state index in [-0.39, 0.29) is 12.3 Å². The number of imidazole rings is 1. The molecule has 2 aromatic heterocycles. The Labute approximate surface area is 104 Å². The maximum absolute atomic E-state index is 11.0. The first-order valence-corrected chi connectivity index (χ1v) is 5.53. The molecule has 0 aliphatic carbocycles. The first-order valence-electron chi connectivity index (χ1n) is 5.53. The van der Waals surface area contributed by atoms with Crippen molar-refractivity contribution >= 4 is 23.2 Å². The van der Waals surface area contributed by atoms with Crippen molar-refractivity contribution in [1.29, 1.82) is 0 Å². The molecule has 2 aromatic rings. The van der Waals surface area contributed by atoms with Crippen LogP contribution in [0.2, 0.25) is 0 Å². The summed E-state index contributed by atoms with van der Waals surface area (Å²) in [4.78, 5) is 19.4.